The molecule has 166 valence electrons. The maximum absolute atomic E-state index is 12.4. The predicted octanol–water partition coefficient (Wildman–Crippen LogP) is 3.57. The van der Waals surface area contributed by atoms with Gasteiger partial charge >= 0.3 is 6.03 Å². The number of pyridine rings is 2. The summed E-state index contributed by atoms with van der Waals surface area (Å²) in [6.45, 7) is 3.05. The first-order valence-electron chi connectivity index (χ1n) is 10.8. The number of aryl methyl sites for hydroxylation is 1. The summed E-state index contributed by atoms with van der Waals surface area (Å²) in [7, 11) is 0. The second kappa shape index (κ2) is 8.70. The molecule has 0 saturated carbocycles. The van der Waals surface area contributed by atoms with Gasteiger partial charge in [0.2, 0.25) is 5.91 Å². The second-order valence-electron chi connectivity index (χ2n) is 7.96. The highest BCUT2D eigenvalue weighted by Crippen LogP contribution is 2.22. The Hall–Kier alpha value is -4.27. The number of carbonyl (C=O) groups is 2. The van der Waals surface area contributed by atoms with E-state index in [1.807, 2.05) is 43.3 Å². The molecule has 4 aromatic rings. The number of benzene rings is 1. The number of aromatic nitrogens is 4. The van der Waals surface area contributed by atoms with E-state index >= 15 is 0 Å². The number of fused-ring (bicyclic) bond motifs is 1. The molecule has 1 aromatic carbocycles. The Kier molecular flexibility index (Phi) is 5.43. The molecule has 1 saturated heterocycles. The Morgan fingerprint density at radius 1 is 1.06 bits per heavy atom. The summed E-state index contributed by atoms with van der Waals surface area (Å²) < 4.78 is 1.79. The molecule has 4 heterocycles. The SMILES string of the molecule is Cc1cc(-n2ncc3cc(NC(=O)NCc4ccc(N5CCCC5=O)cc4)ncc32)ccn1. The molecule has 3 amide bonds. The fourth-order valence-corrected chi connectivity index (χ4v) is 3.92. The molecule has 0 unspecified atom stereocenters. The van der Waals surface area contributed by atoms with E-state index in [4.69, 9.17) is 0 Å². The van der Waals surface area contributed by atoms with Gasteiger partial charge in [-0.2, -0.15) is 5.10 Å². The molecule has 2 N–H and O–H groups in total. The number of nitrogens with zero attached hydrogens (tertiary/aromatic N) is 5. The van der Waals surface area contributed by atoms with Gasteiger partial charge in [0.1, 0.15) is 5.82 Å². The number of hydrogen-bond donors (Lipinski definition) is 2. The monoisotopic (exact) mass is 441 g/mol. The molecular weight excluding hydrogens is 418 g/mol. The molecule has 9 nitrogen and oxygen atoms in total. The maximum Gasteiger partial charge on any atom is 0.320 e. The van der Waals surface area contributed by atoms with E-state index < -0.39 is 0 Å². The lowest BCUT2D eigenvalue weighted by Gasteiger charge is -2.16. The van der Waals surface area contributed by atoms with Crippen molar-refractivity contribution in [2.75, 3.05) is 16.8 Å². The number of nitrogens with one attached hydrogen (secondary N) is 2. The third-order valence-electron chi connectivity index (χ3n) is 5.60. The van der Waals surface area contributed by atoms with Crippen molar-refractivity contribution >= 4 is 34.3 Å². The van der Waals surface area contributed by atoms with Crippen molar-refractivity contribution in [3.8, 4) is 5.69 Å². The zero-order valence-electron chi connectivity index (χ0n) is 18.2. The third-order valence-corrected chi connectivity index (χ3v) is 5.60. The van der Waals surface area contributed by atoms with Crippen LogP contribution in [0.25, 0.3) is 16.6 Å². The summed E-state index contributed by atoms with van der Waals surface area (Å²) in [5.41, 5.74) is 4.47. The highest BCUT2D eigenvalue weighted by atomic mass is 16.2. The molecule has 1 aliphatic heterocycles. The highest BCUT2D eigenvalue weighted by Gasteiger charge is 2.21. The van der Waals surface area contributed by atoms with Gasteiger partial charge in [0.05, 0.1) is 23.6 Å². The fraction of sp³-hybridized carbons (Fsp3) is 0.208. The Morgan fingerprint density at radius 3 is 2.67 bits per heavy atom. The minimum Gasteiger partial charge on any atom is -0.334 e. The van der Waals surface area contributed by atoms with Crippen LogP contribution in [0.3, 0.4) is 0 Å². The van der Waals surface area contributed by atoms with Crippen LogP contribution in [0, 0.1) is 6.92 Å². The second-order valence-corrected chi connectivity index (χ2v) is 7.96. The highest BCUT2D eigenvalue weighted by molar-refractivity contribution is 5.95. The Morgan fingerprint density at radius 2 is 1.91 bits per heavy atom. The van der Waals surface area contributed by atoms with Crippen LogP contribution in [0.15, 0.2) is 61.1 Å². The van der Waals surface area contributed by atoms with Crippen LogP contribution in [-0.4, -0.2) is 38.2 Å². The number of rotatable bonds is 5. The number of carbonyl (C=O) groups excluding carboxylic acids is 2. The predicted molar refractivity (Wildman–Crippen MR) is 125 cm³/mol. The smallest absolute Gasteiger partial charge is 0.320 e. The Balaban J connectivity index is 1.21. The molecule has 9 heteroatoms. The lowest BCUT2D eigenvalue weighted by Crippen LogP contribution is -2.28. The largest absolute Gasteiger partial charge is 0.334 e. The van der Waals surface area contributed by atoms with Crippen molar-refractivity contribution in [2.24, 2.45) is 0 Å². The van der Waals surface area contributed by atoms with E-state index in [-0.39, 0.29) is 11.9 Å². The van der Waals surface area contributed by atoms with E-state index in [9.17, 15) is 9.59 Å². The van der Waals surface area contributed by atoms with Gasteiger partial charge in [0.15, 0.2) is 0 Å². The van der Waals surface area contributed by atoms with Gasteiger partial charge in [-0.3, -0.25) is 15.1 Å². The van der Waals surface area contributed by atoms with Gasteiger partial charge in [0.25, 0.3) is 0 Å². The van der Waals surface area contributed by atoms with Gasteiger partial charge < -0.3 is 10.2 Å². The molecular formula is C24H23N7O2. The van der Waals surface area contributed by atoms with E-state index in [0.717, 1.165) is 46.5 Å². The van der Waals surface area contributed by atoms with Crippen molar-refractivity contribution in [2.45, 2.75) is 26.3 Å². The van der Waals surface area contributed by atoms with E-state index in [1.54, 1.807) is 34.2 Å². The number of urea groups is 1. The Bertz CT molecular complexity index is 1330. The average Bonchev–Trinajstić information content (AvgIpc) is 3.44. The van der Waals surface area contributed by atoms with Crippen molar-refractivity contribution < 1.29 is 9.59 Å². The van der Waals surface area contributed by atoms with Crippen LogP contribution in [0.2, 0.25) is 0 Å². The van der Waals surface area contributed by atoms with Gasteiger partial charge in [-0.05, 0) is 49.2 Å². The van der Waals surface area contributed by atoms with E-state index in [2.05, 4.69) is 25.7 Å². The minimum absolute atomic E-state index is 0.158. The lowest BCUT2D eigenvalue weighted by molar-refractivity contribution is -0.117. The zero-order chi connectivity index (χ0) is 22.8. The number of amides is 3. The van der Waals surface area contributed by atoms with Crippen LogP contribution in [0.4, 0.5) is 16.3 Å². The van der Waals surface area contributed by atoms with Gasteiger partial charge in [-0.15, -0.1) is 0 Å². The first kappa shape index (κ1) is 20.6. The van der Waals surface area contributed by atoms with Crippen LogP contribution in [0.5, 0.6) is 0 Å². The van der Waals surface area contributed by atoms with Crippen LogP contribution in [0.1, 0.15) is 24.1 Å². The molecule has 0 spiro atoms. The molecule has 0 radical (unpaired) electrons. The Labute approximate surface area is 190 Å². The lowest BCUT2D eigenvalue weighted by atomic mass is 10.2. The molecule has 0 bridgehead atoms. The molecule has 5 rings (SSSR count). The van der Waals surface area contributed by atoms with Crippen molar-refractivity contribution in [3.05, 3.63) is 72.3 Å². The van der Waals surface area contributed by atoms with Crippen molar-refractivity contribution in [1.82, 2.24) is 25.1 Å². The molecule has 0 aliphatic carbocycles. The normalized spacial score (nSPS) is 13.5. The summed E-state index contributed by atoms with van der Waals surface area (Å²) in [6.07, 6.45) is 6.67. The van der Waals surface area contributed by atoms with Crippen molar-refractivity contribution in [3.63, 3.8) is 0 Å². The summed E-state index contributed by atoms with van der Waals surface area (Å²) in [5, 5.41) is 10.9. The van der Waals surface area contributed by atoms with Gasteiger partial charge in [0, 0.05) is 42.5 Å². The molecule has 1 fully saturated rings. The van der Waals surface area contributed by atoms with E-state index in [0.29, 0.717) is 18.8 Å². The van der Waals surface area contributed by atoms with Crippen LogP contribution >= 0.6 is 0 Å². The first-order chi connectivity index (χ1) is 16.1. The molecule has 33 heavy (non-hydrogen) atoms. The molecule has 3 aromatic heterocycles. The summed E-state index contributed by atoms with van der Waals surface area (Å²) in [4.78, 5) is 34.6. The van der Waals surface area contributed by atoms with Gasteiger partial charge in [-0.1, -0.05) is 12.1 Å². The summed E-state index contributed by atoms with van der Waals surface area (Å²) >= 11 is 0. The summed E-state index contributed by atoms with van der Waals surface area (Å²) in [5.74, 6) is 0.597. The van der Waals surface area contributed by atoms with Crippen molar-refractivity contribution in [1.29, 1.82) is 0 Å². The average molecular weight is 441 g/mol. The third kappa shape index (κ3) is 4.38. The fourth-order valence-electron chi connectivity index (χ4n) is 3.92. The maximum atomic E-state index is 12.4. The minimum atomic E-state index is -0.349. The number of anilines is 2. The first-order valence-corrected chi connectivity index (χ1v) is 10.8. The van der Waals surface area contributed by atoms with E-state index in [1.165, 1.54) is 0 Å². The van der Waals surface area contributed by atoms with Gasteiger partial charge in [-0.25, -0.2) is 14.5 Å². The van der Waals surface area contributed by atoms with Crippen LogP contribution in [-0.2, 0) is 11.3 Å². The summed E-state index contributed by atoms with van der Waals surface area (Å²) in [6, 6.07) is 12.9. The topological polar surface area (TPSA) is 105 Å². The zero-order valence-corrected chi connectivity index (χ0v) is 18.2. The van der Waals surface area contributed by atoms with Crippen LogP contribution < -0.4 is 15.5 Å². The number of hydrogen-bond acceptors (Lipinski definition) is 5. The quantitative estimate of drug-likeness (QED) is 0.493. The standard InChI is InChI=1S/C24H23N7O2/c1-16-11-20(8-9-25-16)31-21-15-26-22(12-18(21)14-28-31)29-24(33)27-13-17-4-6-19(7-5-17)30-10-2-3-23(30)32/h4-9,11-12,14-15H,2-3,10,13H2,1H3,(H2,26,27,29,33). The molecule has 0 atom stereocenters. The molecule has 1 aliphatic rings.